The smallest absolute Gasteiger partial charge is 0.225 e. The molecule has 0 aromatic carbocycles. The van der Waals surface area contributed by atoms with Crippen LogP contribution in [0.4, 0.5) is 0 Å². The zero-order valence-electron chi connectivity index (χ0n) is 20.8. The predicted octanol–water partition coefficient (Wildman–Crippen LogP) is 8.97. The van der Waals surface area contributed by atoms with Crippen LogP contribution in [0, 0.1) is 5.41 Å². The lowest BCUT2D eigenvalue weighted by atomic mass is 9.86. The Morgan fingerprint density at radius 2 is 0.828 bits per heavy atom. The number of carbonyl (C=O) groups excluding carboxylic acids is 1. The Morgan fingerprint density at radius 1 is 0.552 bits per heavy atom. The number of rotatable bonds is 22. The lowest BCUT2D eigenvalue weighted by molar-refractivity contribution is -0.129. The van der Waals surface area contributed by atoms with Gasteiger partial charge in [0.1, 0.15) is 0 Å². The highest BCUT2D eigenvalue weighted by molar-refractivity contribution is 5.81. The molecule has 0 aliphatic carbocycles. The van der Waals surface area contributed by atoms with E-state index in [4.69, 9.17) is 0 Å². The Labute approximate surface area is 184 Å². The van der Waals surface area contributed by atoms with Crippen LogP contribution in [0.5, 0.6) is 0 Å². The molecule has 0 atom stereocenters. The molecule has 0 aromatic heterocycles. The number of carbonyl (C=O) groups is 1. The Bertz CT molecular complexity index is 350. The summed E-state index contributed by atoms with van der Waals surface area (Å²) < 4.78 is 0. The van der Waals surface area contributed by atoms with Crippen molar-refractivity contribution in [2.24, 2.45) is 5.41 Å². The van der Waals surface area contributed by atoms with Gasteiger partial charge in [-0.3, -0.25) is 4.79 Å². The van der Waals surface area contributed by atoms with Crippen molar-refractivity contribution in [1.29, 1.82) is 0 Å². The van der Waals surface area contributed by atoms with Crippen molar-refractivity contribution in [2.75, 3.05) is 7.05 Å². The second-order valence-corrected chi connectivity index (χ2v) is 9.93. The number of amides is 1. The highest BCUT2D eigenvalue weighted by Gasteiger charge is 2.25. The molecule has 174 valence electrons. The molecule has 2 heteroatoms. The SMILES string of the molecule is CCCCCCCCCCCCCCCCCCCCCCC(C)(C)C(=O)NC. The summed E-state index contributed by atoms with van der Waals surface area (Å²) in [5.41, 5.74) is -0.205. The molecule has 0 aliphatic rings. The van der Waals surface area contributed by atoms with Gasteiger partial charge in [-0.05, 0) is 6.42 Å². The number of nitrogens with one attached hydrogen (secondary N) is 1. The molecule has 2 nitrogen and oxygen atoms in total. The first-order chi connectivity index (χ1) is 14.0. The zero-order valence-corrected chi connectivity index (χ0v) is 20.8. The Kier molecular flexibility index (Phi) is 20.4. The zero-order chi connectivity index (χ0) is 21.6. The molecule has 0 rings (SSSR count). The monoisotopic (exact) mass is 409 g/mol. The van der Waals surface area contributed by atoms with Crippen LogP contribution in [0.1, 0.15) is 156 Å². The summed E-state index contributed by atoms with van der Waals surface area (Å²) in [5, 5.41) is 2.78. The molecule has 0 radical (unpaired) electrons. The van der Waals surface area contributed by atoms with Gasteiger partial charge in [0.15, 0.2) is 0 Å². The van der Waals surface area contributed by atoms with Gasteiger partial charge in [-0.25, -0.2) is 0 Å². The van der Waals surface area contributed by atoms with Crippen LogP contribution in [-0.4, -0.2) is 13.0 Å². The second-order valence-electron chi connectivity index (χ2n) is 9.93. The van der Waals surface area contributed by atoms with E-state index in [1.807, 2.05) is 0 Å². The molecule has 0 spiro atoms. The summed E-state index contributed by atoms with van der Waals surface area (Å²) in [7, 11) is 1.74. The van der Waals surface area contributed by atoms with Gasteiger partial charge in [-0.1, -0.05) is 149 Å². The van der Waals surface area contributed by atoms with Crippen LogP contribution in [0.15, 0.2) is 0 Å². The summed E-state index contributed by atoms with van der Waals surface area (Å²) in [6, 6.07) is 0. The van der Waals surface area contributed by atoms with Crippen LogP contribution in [0.25, 0.3) is 0 Å². The second kappa shape index (κ2) is 20.7. The van der Waals surface area contributed by atoms with E-state index in [-0.39, 0.29) is 11.3 Å². The highest BCUT2D eigenvalue weighted by atomic mass is 16.2. The van der Waals surface area contributed by atoms with Gasteiger partial charge in [0.2, 0.25) is 5.91 Å². The topological polar surface area (TPSA) is 29.1 Å². The molecule has 0 fully saturated rings. The van der Waals surface area contributed by atoms with Crippen LogP contribution in [0.3, 0.4) is 0 Å². The molecule has 1 N–H and O–H groups in total. The average molecular weight is 410 g/mol. The van der Waals surface area contributed by atoms with Gasteiger partial charge in [0, 0.05) is 12.5 Å². The molecule has 0 aliphatic heterocycles. The van der Waals surface area contributed by atoms with Crippen molar-refractivity contribution < 1.29 is 4.79 Å². The third-order valence-electron chi connectivity index (χ3n) is 6.50. The maximum atomic E-state index is 11.8. The maximum Gasteiger partial charge on any atom is 0.225 e. The van der Waals surface area contributed by atoms with Crippen molar-refractivity contribution in [2.45, 2.75) is 156 Å². The standard InChI is InChI=1S/C27H55NO/c1-5-6-7-8-9-10-11-12-13-14-15-16-17-18-19-20-21-22-23-24-25-27(2,3)26(29)28-4/h5-25H2,1-4H3,(H,28,29). The first-order valence-corrected chi connectivity index (χ1v) is 13.3. The molecule has 0 unspecified atom stereocenters. The Morgan fingerprint density at radius 3 is 1.10 bits per heavy atom. The van der Waals surface area contributed by atoms with E-state index in [1.165, 1.54) is 128 Å². The molecule has 0 heterocycles. The molecular formula is C27H55NO. The normalized spacial score (nSPS) is 11.7. The number of unbranched alkanes of at least 4 members (excludes halogenated alkanes) is 19. The summed E-state index contributed by atoms with van der Waals surface area (Å²) in [6.07, 6.45) is 29.3. The third-order valence-corrected chi connectivity index (χ3v) is 6.50. The first-order valence-electron chi connectivity index (χ1n) is 13.3. The Hall–Kier alpha value is -0.530. The van der Waals surface area contributed by atoms with Gasteiger partial charge >= 0.3 is 0 Å². The first kappa shape index (κ1) is 28.5. The van der Waals surface area contributed by atoms with E-state index >= 15 is 0 Å². The van der Waals surface area contributed by atoms with Gasteiger partial charge < -0.3 is 5.32 Å². The van der Waals surface area contributed by atoms with Crippen molar-refractivity contribution in [3.63, 3.8) is 0 Å². The number of hydrogen-bond donors (Lipinski definition) is 1. The molecule has 0 saturated heterocycles. The largest absolute Gasteiger partial charge is 0.359 e. The minimum atomic E-state index is -0.205. The summed E-state index contributed by atoms with van der Waals surface area (Å²) in [5.74, 6) is 0.176. The van der Waals surface area contributed by atoms with E-state index in [0.29, 0.717) is 0 Å². The van der Waals surface area contributed by atoms with Crippen LogP contribution in [-0.2, 0) is 4.79 Å². The maximum absolute atomic E-state index is 11.8. The van der Waals surface area contributed by atoms with Crippen LogP contribution < -0.4 is 5.32 Å². The minimum absolute atomic E-state index is 0.176. The quantitative estimate of drug-likeness (QED) is 0.178. The number of hydrogen-bond acceptors (Lipinski definition) is 1. The van der Waals surface area contributed by atoms with E-state index in [2.05, 4.69) is 26.1 Å². The molecule has 0 aromatic rings. The predicted molar refractivity (Wildman–Crippen MR) is 130 cm³/mol. The van der Waals surface area contributed by atoms with Gasteiger partial charge in [-0.15, -0.1) is 0 Å². The Balaban J connectivity index is 3.16. The summed E-state index contributed by atoms with van der Waals surface area (Å²) in [6.45, 7) is 6.41. The van der Waals surface area contributed by atoms with E-state index in [1.54, 1.807) is 7.05 Å². The van der Waals surface area contributed by atoms with Crippen molar-refractivity contribution in [1.82, 2.24) is 5.32 Å². The van der Waals surface area contributed by atoms with Crippen molar-refractivity contribution in [3.05, 3.63) is 0 Å². The van der Waals surface area contributed by atoms with Gasteiger partial charge in [-0.2, -0.15) is 0 Å². The lowest BCUT2D eigenvalue weighted by Gasteiger charge is -2.22. The minimum Gasteiger partial charge on any atom is -0.359 e. The summed E-state index contributed by atoms with van der Waals surface area (Å²) in [4.78, 5) is 11.8. The van der Waals surface area contributed by atoms with Crippen LogP contribution >= 0.6 is 0 Å². The fourth-order valence-corrected chi connectivity index (χ4v) is 4.27. The van der Waals surface area contributed by atoms with E-state index < -0.39 is 0 Å². The molecule has 29 heavy (non-hydrogen) atoms. The summed E-state index contributed by atoms with van der Waals surface area (Å²) >= 11 is 0. The molecule has 0 bridgehead atoms. The van der Waals surface area contributed by atoms with E-state index in [9.17, 15) is 4.79 Å². The van der Waals surface area contributed by atoms with E-state index in [0.717, 1.165) is 6.42 Å². The van der Waals surface area contributed by atoms with Gasteiger partial charge in [0.05, 0.1) is 0 Å². The molecular weight excluding hydrogens is 354 g/mol. The van der Waals surface area contributed by atoms with Crippen LogP contribution in [0.2, 0.25) is 0 Å². The average Bonchev–Trinajstić information content (AvgIpc) is 2.71. The highest BCUT2D eigenvalue weighted by Crippen LogP contribution is 2.24. The third kappa shape index (κ3) is 19.2. The molecule has 0 saturated carbocycles. The fourth-order valence-electron chi connectivity index (χ4n) is 4.27. The van der Waals surface area contributed by atoms with Crippen molar-refractivity contribution in [3.8, 4) is 0 Å². The van der Waals surface area contributed by atoms with Gasteiger partial charge in [0.25, 0.3) is 0 Å². The lowest BCUT2D eigenvalue weighted by Crippen LogP contribution is -2.34. The molecule has 1 amide bonds. The van der Waals surface area contributed by atoms with Crippen molar-refractivity contribution >= 4 is 5.91 Å². The fraction of sp³-hybridized carbons (Fsp3) is 0.963.